The van der Waals surface area contributed by atoms with E-state index in [1.165, 1.54) is 24.8 Å². The van der Waals surface area contributed by atoms with Crippen molar-refractivity contribution in [3.05, 3.63) is 60.6 Å². The number of carbonyl (C=O) groups is 2. The summed E-state index contributed by atoms with van der Waals surface area (Å²) in [6, 6.07) is 7.90. The van der Waals surface area contributed by atoms with Gasteiger partial charge in [-0.2, -0.15) is 0 Å². The molecule has 1 aliphatic rings. The number of nitrogens with zero attached hydrogens (tertiary/aromatic N) is 1. The minimum absolute atomic E-state index is 0.0542. The Bertz CT molecular complexity index is 1150. The molecule has 0 atom stereocenters. The molecule has 3 aromatic rings. The SMILES string of the molecule is C=CCCNC(=O)Cn1c(-c2ccoc2)c(C2CCCCC2)c2ccc(C(=O)NCCCC)cc21.CC. The first-order valence-corrected chi connectivity index (χ1v) is 14.0. The standard InChI is InChI=1S/C29H37N3O3.C2H6/c1-3-5-15-30-26(33)19-32-25-18-22(29(34)31-16-6-4-2)12-13-24(25)27(21-10-8-7-9-11-21)28(32)23-14-17-35-20-23;1-2/h3,12-14,17-18,20-21H,1,4-11,15-16,19H2,2H3,(H,30,33)(H,31,34);1-2H3. The molecule has 0 bridgehead atoms. The van der Waals surface area contributed by atoms with Gasteiger partial charge in [-0.25, -0.2) is 0 Å². The van der Waals surface area contributed by atoms with Crippen molar-refractivity contribution >= 4 is 22.7 Å². The summed E-state index contributed by atoms with van der Waals surface area (Å²) >= 11 is 0. The van der Waals surface area contributed by atoms with Crippen molar-refractivity contribution in [3.63, 3.8) is 0 Å². The molecular weight excluding hydrogens is 462 g/mol. The fourth-order valence-corrected chi connectivity index (χ4v) is 5.19. The largest absolute Gasteiger partial charge is 0.472 e. The van der Waals surface area contributed by atoms with Crippen molar-refractivity contribution in [2.75, 3.05) is 13.1 Å². The quantitative estimate of drug-likeness (QED) is 0.214. The molecule has 1 saturated carbocycles. The molecule has 200 valence electrons. The van der Waals surface area contributed by atoms with Crippen LogP contribution in [0.4, 0.5) is 0 Å². The van der Waals surface area contributed by atoms with Crippen LogP contribution >= 0.6 is 0 Å². The summed E-state index contributed by atoms with van der Waals surface area (Å²) in [5.41, 5.74) is 4.81. The fourth-order valence-electron chi connectivity index (χ4n) is 5.19. The van der Waals surface area contributed by atoms with Gasteiger partial charge in [-0.15, -0.1) is 6.58 Å². The van der Waals surface area contributed by atoms with Crippen LogP contribution < -0.4 is 10.6 Å². The molecule has 0 spiro atoms. The molecule has 2 N–H and O–H groups in total. The van der Waals surface area contributed by atoms with Gasteiger partial charge in [-0.05, 0) is 55.4 Å². The molecule has 4 rings (SSSR count). The molecule has 0 aliphatic heterocycles. The van der Waals surface area contributed by atoms with E-state index in [1.54, 1.807) is 18.6 Å². The van der Waals surface area contributed by atoms with Gasteiger partial charge in [-0.3, -0.25) is 9.59 Å². The maximum absolute atomic E-state index is 13.0. The number of hydrogen-bond donors (Lipinski definition) is 2. The van der Waals surface area contributed by atoms with Crippen LogP contribution in [-0.2, 0) is 11.3 Å². The van der Waals surface area contributed by atoms with Gasteiger partial charge in [0.2, 0.25) is 5.91 Å². The zero-order valence-electron chi connectivity index (χ0n) is 22.8. The minimum Gasteiger partial charge on any atom is -0.472 e. The monoisotopic (exact) mass is 505 g/mol. The number of benzene rings is 1. The Labute approximate surface area is 221 Å². The van der Waals surface area contributed by atoms with Crippen LogP contribution in [0.1, 0.15) is 94.0 Å². The van der Waals surface area contributed by atoms with E-state index in [-0.39, 0.29) is 18.4 Å². The van der Waals surface area contributed by atoms with E-state index >= 15 is 0 Å². The molecule has 0 radical (unpaired) electrons. The maximum atomic E-state index is 13.0. The topological polar surface area (TPSA) is 76.3 Å². The van der Waals surface area contributed by atoms with E-state index < -0.39 is 0 Å². The van der Waals surface area contributed by atoms with Crippen molar-refractivity contribution in [3.8, 4) is 11.3 Å². The summed E-state index contributed by atoms with van der Waals surface area (Å²) in [5.74, 6) is 0.291. The summed E-state index contributed by atoms with van der Waals surface area (Å²) in [6.45, 7) is 11.2. The Kier molecular flexibility index (Phi) is 11.1. The predicted octanol–water partition coefficient (Wildman–Crippen LogP) is 7.20. The lowest BCUT2D eigenvalue weighted by atomic mass is 9.82. The van der Waals surface area contributed by atoms with E-state index in [1.807, 2.05) is 32.0 Å². The predicted molar refractivity (Wildman–Crippen MR) is 152 cm³/mol. The minimum atomic E-state index is -0.0763. The van der Waals surface area contributed by atoms with Crippen LogP contribution in [0.5, 0.6) is 0 Å². The third-order valence-corrected chi connectivity index (χ3v) is 6.96. The highest BCUT2D eigenvalue weighted by Crippen LogP contribution is 2.44. The Hall–Kier alpha value is -3.28. The maximum Gasteiger partial charge on any atom is 0.251 e. The van der Waals surface area contributed by atoms with Gasteiger partial charge < -0.3 is 19.6 Å². The molecule has 0 unspecified atom stereocenters. The average Bonchev–Trinajstić information content (AvgIpc) is 3.57. The lowest BCUT2D eigenvalue weighted by Gasteiger charge is -2.23. The van der Waals surface area contributed by atoms with E-state index in [0.29, 0.717) is 24.6 Å². The molecular formula is C31H43N3O3. The summed E-state index contributed by atoms with van der Waals surface area (Å²) in [7, 11) is 0. The molecule has 1 aromatic carbocycles. The Balaban J connectivity index is 0.00000186. The van der Waals surface area contributed by atoms with Crippen molar-refractivity contribution in [1.29, 1.82) is 0 Å². The van der Waals surface area contributed by atoms with Crippen LogP contribution in [-0.4, -0.2) is 29.5 Å². The molecule has 6 heteroatoms. The van der Waals surface area contributed by atoms with Crippen LogP contribution in [0.3, 0.4) is 0 Å². The van der Waals surface area contributed by atoms with Gasteiger partial charge in [-0.1, -0.05) is 58.6 Å². The van der Waals surface area contributed by atoms with E-state index in [0.717, 1.165) is 54.3 Å². The van der Waals surface area contributed by atoms with Gasteiger partial charge in [0.15, 0.2) is 0 Å². The smallest absolute Gasteiger partial charge is 0.251 e. The highest BCUT2D eigenvalue weighted by atomic mass is 16.3. The Morgan fingerprint density at radius 2 is 1.89 bits per heavy atom. The van der Waals surface area contributed by atoms with Gasteiger partial charge in [0, 0.05) is 29.6 Å². The highest BCUT2D eigenvalue weighted by molar-refractivity contribution is 6.01. The van der Waals surface area contributed by atoms with Gasteiger partial charge in [0.05, 0.1) is 23.7 Å². The number of nitrogens with one attached hydrogen (secondary N) is 2. The molecule has 2 amide bonds. The average molecular weight is 506 g/mol. The molecule has 6 nitrogen and oxygen atoms in total. The number of unbranched alkanes of at least 4 members (excludes halogenated alkanes) is 1. The molecule has 1 aliphatic carbocycles. The van der Waals surface area contributed by atoms with Crippen LogP contribution in [0.15, 0.2) is 53.9 Å². The number of carbonyl (C=O) groups excluding carboxylic acids is 2. The van der Waals surface area contributed by atoms with Crippen LogP contribution in [0.2, 0.25) is 0 Å². The normalized spacial score (nSPS) is 13.6. The number of furan rings is 1. The first-order valence-electron chi connectivity index (χ1n) is 14.0. The lowest BCUT2D eigenvalue weighted by molar-refractivity contribution is -0.121. The first kappa shape index (κ1) is 28.3. The first-order chi connectivity index (χ1) is 18.1. The molecule has 1 fully saturated rings. The molecule has 2 aromatic heterocycles. The second kappa shape index (κ2) is 14.5. The summed E-state index contributed by atoms with van der Waals surface area (Å²) in [4.78, 5) is 25.8. The zero-order valence-corrected chi connectivity index (χ0v) is 22.8. The third-order valence-electron chi connectivity index (χ3n) is 6.96. The van der Waals surface area contributed by atoms with Gasteiger partial charge in [0.1, 0.15) is 6.54 Å². The second-order valence-corrected chi connectivity index (χ2v) is 9.46. The number of hydrogen-bond acceptors (Lipinski definition) is 3. The lowest BCUT2D eigenvalue weighted by Crippen LogP contribution is -2.28. The zero-order chi connectivity index (χ0) is 26.6. The molecule has 37 heavy (non-hydrogen) atoms. The highest BCUT2D eigenvalue weighted by Gasteiger charge is 2.28. The fraction of sp³-hybridized carbons (Fsp3) is 0.484. The van der Waals surface area contributed by atoms with Gasteiger partial charge in [0.25, 0.3) is 5.91 Å². The summed E-state index contributed by atoms with van der Waals surface area (Å²) < 4.78 is 7.55. The third kappa shape index (κ3) is 6.94. The summed E-state index contributed by atoms with van der Waals surface area (Å²) in [6.07, 6.45) is 13.9. The van der Waals surface area contributed by atoms with Crippen LogP contribution in [0.25, 0.3) is 22.2 Å². The number of amides is 2. The number of fused-ring (bicyclic) bond motifs is 1. The number of rotatable bonds is 11. The van der Waals surface area contributed by atoms with Crippen molar-refractivity contribution < 1.29 is 14.0 Å². The van der Waals surface area contributed by atoms with Crippen molar-refractivity contribution in [2.45, 2.75) is 84.6 Å². The number of aromatic nitrogens is 1. The van der Waals surface area contributed by atoms with E-state index in [2.05, 4.69) is 34.8 Å². The molecule has 0 saturated heterocycles. The van der Waals surface area contributed by atoms with E-state index in [9.17, 15) is 9.59 Å². The van der Waals surface area contributed by atoms with Crippen molar-refractivity contribution in [1.82, 2.24) is 15.2 Å². The van der Waals surface area contributed by atoms with Crippen LogP contribution in [0, 0.1) is 0 Å². The molecule has 2 heterocycles. The van der Waals surface area contributed by atoms with E-state index in [4.69, 9.17) is 4.42 Å². The Morgan fingerprint density at radius 3 is 2.57 bits per heavy atom. The second-order valence-electron chi connectivity index (χ2n) is 9.46. The van der Waals surface area contributed by atoms with Crippen molar-refractivity contribution in [2.24, 2.45) is 0 Å². The Morgan fingerprint density at radius 1 is 1.11 bits per heavy atom. The van der Waals surface area contributed by atoms with Gasteiger partial charge >= 0.3 is 0 Å². The summed E-state index contributed by atoms with van der Waals surface area (Å²) in [5, 5.41) is 7.14.